The van der Waals surface area contributed by atoms with Gasteiger partial charge in [0.05, 0.1) is 0 Å². The summed E-state index contributed by atoms with van der Waals surface area (Å²) >= 11 is 1.45. The second-order valence-electron chi connectivity index (χ2n) is 4.81. The summed E-state index contributed by atoms with van der Waals surface area (Å²) in [6, 6.07) is 6.42. The van der Waals surface area contributed by atoms with Crippen molar-refractivity contribution >= 4 is 11.8 Å². The van der Waals surface area contributed by atoms with Crippen molar-refractivity contribution in [3.8, 4) is 0 Å². The molecule has 1 aromatic carbocycles. The highest BCUT2D eigenvalue weighted by molar-refractivity contribution is 7.98. The minimum atomic E-state index is -0.229. The van der Waals surface area contributed by atoms with Gasteiger partial charge in [0.25, 0.3) is 11.1 Å². The highest BCUT2D eigenvalue weighted by atomic mass is 32.2. The molecule has 1 heterocycles. The summed E-state index contributed by atoms with van der Waals surface area (Å²) < 4.78 is 18.4. The molecule has 108 valence electrons. The maximum absolute atomic E-state index is 12.8. The van der Waals surface area contributed by atoms with Crippen LogP contribution in [-0.4, -0.2) is 10.2 Å². The van der Waals surface area contributed by atoms with Crippen LogP contribution in [0.25, 0.3) is 0 Å². The van der Waals surface area contributed by atoms with Gasteiger partial charge in [0.2, 0.25) is 0 Å². The van der Waals surface area contributed by atoms with Crippen molar-refractivity contribution in [2.45, 2.75) is 37.3 Å². The summed E-state index contributed by atoms with van der Waals surface area (Å²) in [6.07, 6.45) is 1.02. The first-order chi connectivity index (χ1) is 9.60. The van der Waals surface area contributed by atoms with Crippen molar-refractivity contribution < 1.29 is 14.5 Å². The van der Waals surface area contributed by atoms with Gasteiger partial charge in [-0.1, -0.05) is 37.7 Å². The van der Waals surface area contributed by atoms with Crippen LogP contribution in [0.1, 0.15) is 37.8 Å². The van der Waals surface area contributed by atoms with Gasteiger partial charge in [0.15, 0.2) is 6.04 Å². The molecule has 0 aliphatic carbocycles. The largest absolute Gasteiger partial charge is 0.410 e. The van der Waals surface area contributed by atoms with E-state index in [4.69, 9.17) is 4.42 Å². The van der Waals surface area contributed by atoms with Gasteiger partial charge in [0, 0.05) is 11.7 Å². The van der Waals surface area contributed by atoms with Crippen LogP contribution in [0.2, 0.25) is 0 Å². The number of quaternary nitrogens is 1. The topological polar surface area (TPSA) is 66.6 Å². The van der Waals surface area contributed by atoms with Crippen LogP contribution in [0.4, 0.5) is 4.39 Å². The molecule has 0 unspecified atom stereocenters. The number of hydrogen-bond donors (Lipinski definition) is 1. The molecular weight excluding hydrogens is 277 g/mol. The average Bonchev–Trinajstić information content (AvgIpc) is 2.94. The van der Waals surface area contributed by atoms with Crippen molar-refractivity contribution in [2.75, 3.05) is 0 Å². The fourth-order valence-corrected chi connectivity index (χ4v) is 2.41. The van der Waals surface area contributed by atoms with E-state index in [1.807, 2.05) is 0 Å². The molecule has 0 bridgehead atoms. The molecule has 3 N–H and O–H groups in total. The molecule has 2 rings (SSSR count). The molecule has 2 atom stereocenters. The number of halogens is 1. The lowest BCUT2D eigenvalue weighted by Gasteiger charge is -2.09. The normalized spacial score (nSPS) is 14.2. The second-order valence-corrected chi connectivity index (χ2v) is 5.74. The summed E-state index contributed by atoms with van der Waals surface area (Å²) in [7, 11) is 0. The van der Waals surface area contributed by atoms with E-state index in [1.165, 1.54) is 23.9 Å². The predicted octanol–water partition coefficient (Wildman–Crippen LogP) is 2.83. The lowest BCUT2D eigenvalue weighted by molar-refractivity contribution is -0.444. The van der Waals surface area contributed by atoms with Gasteiger partial charge in [-0.15, -0.1) is 10.2 Å². The molecule has 1 aromatic heterocycles. The Morgan fingerprint density at radius 2 is 2.00 bits per heavy atom. The molecule has 20 heavy (non-hydrogen) atoms. The number of hydrogen-bond acceptors (Lipinski definition) is 4. The molecule has 0 fully saturated rings. The molecular formula is C14H19FN3OS+. The van der Waals surface area contributed by atoms with E-state index < -0.39 is 0 Å². The lowest BCUT2D eigenvalue weighted by atomic mass is 10.0. The third-order valence-electron chi connectivity index (χ3n) is 3.35. The van der Waals surface area contributed by atoms with Gasteiger partial charge >= 0.3 is 0 Å². The minimum absolute atomic E-state index is 0.0210. The quantitative estimate of drug-likeness (QED) is 0.832. The van der Waals surface area contributed by atoms with Crippen LogP contribution < -0.4 is 5.73 Å². The molecule has 0 aliphatic heterocycles. The van der Waals surface area contributed by atoms with E-state index in [0.29, 0.717) is 22.8 Å². The standard InChI is InChI=1S/C14H18FN3OS/c1-3-9(2)12(16)13-17-18-14(19-13)20-8-10-4-6-11(15)7-5-10/h4-7,9,12H,3,8,16H2,1-2H3/p+1/t9-,12+/m1/s1. The number of thioether (sulfide) groups is 1. The van der Waals surface area contributed by atoms with Crippen LogP contribution in [0.5, 0.6) is 0 Å². The summed E-state index contributed by atoms with van der Waals surface area (Å²) in [5, 5.41) is 8.60. The smallest absolute Gasteiger partial charge is 0.277 e. The summed E-state index contributed by atoms with van der Waals surface area (Å²) in [4.78, 5) is 0. The number of aromatic nitrogens is 2. The molecule has 0 radical (unpaired) electrons. The second kappa shape index (κ2) is 6.85. The van der Waals surface area contributed by atoms with Crippen LogP contribution in [0.15, 0.2) is 33.9 Å². The number of nitrogens with zero attached hydrogens (tertiary/aromatic N) is 2. The summed E-state index contributed by atoms with van der Waals surface area (Å²) in [5.41, 5.74) is 5.09. The van der Waals surface area contributed by atoms with Gasteiger partial charge in [-0.05, 0) is 24.1 Å². The Morgan fingerprint density at radius 1 is 1.30 bits per heavy atom. The van der Waals surface area contributed by atoms with Crippen molar-refractivity contribution in [3.05, 3.63) is 41.5 Å². The molecule has 0 saturated heterocycles. The lowest BCUT2D eigenvalue weighted by Crippen LogP contribution is -2.56. The van der Waals surface area contributed by atoms with E-state index in [2.05, 4.69) is 29.8 Å². The van der Waals surface area contributed by atoms with E-state index in [0.717, 1.165) is 12.0 Å². The van der Waals surface area contributed by atoms with Crippen molar-refractivity contribution in [2.24, 2.45) is 5.92 Å². The van der Waals surface area contributed by atoms with Crippen molar-refractivity contribution in [3.63, 3.8) is 0 Å². The van der Waals surface area contributed by atoms with Gasteiger partial charge in [-0.25, -0.2) is 4.39 Å². The van der Waals surface area contributed by atoms with E-state index in [-0.39, 0.29) is 11.9 Å². The number of rotatable bonds is 6. The van der Waals surface area contributed by atoms with E-state index in [1.54, 1.807) is 12.1 Å². The van der Waals surface area contributed by atoms with E-state index >= 15 is 0 Å². The fraction of sp³-hybridized carbons (Fsp3) is 0.429. The maximum atomic E-state index is 12.8. The highest BCUT2D eigenvalue weighted by Gasteiger charge is 2.23. The Balaban J connectivity index is 1.94. The minimum Gasteiger partial charge on any atom is -0.410 e. The molecule has 0 amide bonds. The molecule has 6 heteroatoms. The van der Waals surface area contributed by atoms with Gasteiger partial charge in [0.1, 0.15) is 5.82 Å². The average molecular weight is 296 g/mol. The van der Waals surface area contributed by atoms with Crippen molar-refractivity contribution in [1.82, 2.24) is 10.2 Å². The Morgan fingerprint density at radius 3 is 2.65 bits per heavy atom. The zero-order valence-electron chi connectivity index (χ0n) is 11.7. The first kappa shape index (κ1) is 15.0. The first-order valence-electron chi connectivity index (χ1n) is 6.64. The zero-order chi connectivity index (χ0) is 14.5. The molecule has 0 aliphatic rings. The first-order valence-corrected chi connectivity index (χ1v) is 7.62. The SMILES string of the molecule is CC[C@@H](C)[C@H]([NH3+])c1nnc(SCc2ccc(F)cc2)o1. The highest BCUT2D eigenvalue weighted by Crippen LogP contribution is 2.25. The number of benzene rings is 1. The Bertz CT molecular complexity index is 544. The van der Waals surface area contributed by atoms with Gasteiger partial charge < -0.3 is 10.2 Å². The van der Waals surface area contributed by atoms with Crippen molar-refractivity contribution in [1.29, 1.82) is 0 Å². The van der Waals surface area contributed by atoms with Crippen LogP contribution >= 0.6 is 11.8 Å². The van der Waals surface area contributed by atoms with Crippen LogP contribution in [0.3, 0.4) is 0 Å². The molecule has 4 nitrogen and oxygen atoms in total. The Kier molecular flexibility index (Phi) is 5.14. The summed E-state index contributed by atoms with van der Waals surface area (Å²) in [6.45, 7) is 4.23. The Hall–Kier alpha value is -1.40. The van der Waals surface area contributed by atoms with E-state index in [9.17, 15) is 4.39 Å². The molecule has 0 spiro atoms. The van der Waals surface area contributed by atoms with Crippen LogP contribution in [-0.2, 0) is 5.75 Å². The fourth-order valence-electron chi connectivity index (χ4n) is 1.68. The third kappa shape index (κ3) is 3.80. The zero-order valence-corrected chi connectivity index (χ0v) is 12.5. The third-order valence-corrected chi connectivity index (χ3v) is 4.24. The van der Waals surface area contributed by atoms with Gasteiger partial charge in [-0.2, -0.15) is 0 Å². The van der Waals surface area contributed by atoms with Crippen LogP contribution in [0, 0.1) is 11.7 Å². The monoisotopic (exact) mass is 296 g/mol. The molecule has 0 saturated carbocycles. The van der Waals surface area contributed by atoms with Gasteiger partial charge in [-0.3, -0.25) is 0 Å². The maximum Gasteiger partial charge on any atom is 0.277 e. The predicted molar refractivity (Wildman–Crippen MR) is 75.3 cm³/mol. The Labute approximate surface area is 122 Å². The molecule has 2 aromatic rings. The summed E-state index contributed by atoms with van der Waals surface area (Å²) in [5.74, 6) is 1.44.